The van der Waals surface area contributed by atoms with Gasteiger partial charge in [-0.25, -0.2) is 0 Å². The molecule has 31 heavy (non-hydrogen) atoms. The molecule has 0 bridgehead atoms. The molecule has 1 aliphatic carbocycles. The fourth-order valence-corrected chi connectivity index (χ4v) is 4.78. The summed E-state index contributed by atoms with van der Waals surface area (Å²) in [5, 5.41) is 10.0. The number of hydrogen-bond acceptors (Lipinski definition) is 4. The zero-order chi connectivity index (χ0) is 21.8. The van der Waals surface area contributed by atoms with E-state index in [1.54, 1.807) is 9.80 Å². The molecule has 2 aliphatic heterocycles. The molecular formula is C25H29N3O3. The Hall–Kier alpha value is -2.86. The second-order valence-corrected chi connectivity index (χ2v) is 9.16. The molecule has 0 atom stereocenters. The van der Waals surface area contributed by atoms with Crippen molar-refractivity contribution in [1.82, 2.24) is 9.80 Å². The third-order valence-corrected chi connectivity index (χ3v) is 6.97. The Labute approximate surface area is 183 Å². The van der Waals surface area contributed by atoms with E-state index in [4.69, 9.17) is 0 Å². The number of likely N-dealkylation sites (N-methyl/N-ethyl adjacent to an activating group) is 1. The second kappa shape index (κ2) is 7.38. The average molecular weight is 420 g/mol. The number of aryl methyl sites for hydroxylation is 1. The Balaban J connectivity index is 1.28. The number of amides is 2. The minimum atomic E-state index is -1.13. The van der Waals surface area contributed by atoms with E-state index < -0.39 is 5.60 Å². The van der Waals surface area contributed by atoms with Crippen LogP contribution in [0.1, 0.15) is 34.3 Å². The highest BCUT2D eigenvalue weighted by Gasteiger charge is 2.50. The number of carbonyl (C=O) groups excluding carboxylic acids is 2. The maximum atomic E-state index is 13.0. The van der Waals surface area contributed by atoms with Crippen molar-refractivity contribution in [3.63, 3.8) is 0 Å². The van der Waals surface area contributed by atoms with Crippen molar-refractivity contribution in [1.29, 1.82) is 0 Å². The predicted octanol–water partition coefficient (Wildman–Crippen LogP) is 2.46. The fraction of sp³-hybridized carbons (Fsp3) is 0.440. The molecule has 162 valence electrons. The van der Waals surface area contributed by atoms with Crippen molar-refractivity contribution in [3.05, 3.63) is 53.1 Å². The molecule has 1 saturated heterocycles. The van der Waals surface area contributed by atoms with Crippen LogP contribution in [0.25, 0.3) is 11.1 Å². The number of hydrogen-bond donors (Lipinski definition) is 1. The second-order valence-electron chi connectivity index (χ2n) is 9.16. The molecule has 1 N–H and O–H groups in total. The monoisotopic (exact) mass is 419 g/mol. The smallest absolute Gasteiger partial charge is 0.254 e. The molecule has 0 aromatic heterocycles. The molecule has 0 spiro atoms. The summed E-state index contributed by atoms with van der Waals surface area (Å²) in [7, 11) is 2.13. The van der Waals surface area contributed by atoms with Gasteiger partial charge in [0, 0.05) is 51.0 Å². The normalized spacial score (nSPS) is 19.4. The van der Waals surface area contributed by atoms with Gasteiger partial charge in [0.05, 0.1) is 0 Å². The standard InChI is InChI=1S/C25H29N3O3/c1-17-15-20(3-5-21(17)18-4-6-22-19(16-18)7-10-26(22)2)23(29)27-11-13-28(14-12-27)24(30)25(31)8-9-25/h3-6,15-16,31H,7-14H2,1-2H3. The van der Waals surface area contributed by atoms with Gasteiger partial charge in [-0.1, -0.05) is 12.1 Å². The lowest BCUT2D eigenvalue weighted by Crippen LogP contribution is -2.53. The van der Waals surface area contributed by atoms with Gasteiger partial charge in [0.1, 0.15) is 5.60 Å². The quantitative estimate of drug-likeness (QED) is 0.830. The lowest BCUT2D eigenvalue weighted by Gasteiger charge is -2.35. The summed E-state index contributed by atoms with van der Waals surface area (Å²) >= 11 is 0. The summed E-state index contributed by atoms with van der Waals surface area (Å²) in [6.07, 6.45) is 2.18. The molecule has 6 nitrogen and oxygen atoms in total. The minimum absolute atomic E-state index is 0.00228. The highest BCUT2D eigenvalue weighted by Crippen LogP contribution is 2.37. The first-order valence-corrected chi connectivity index (χ1v) is 11.1. The largest absolute Gasteiger partial charge is 0.380 e. The number of carbonyl (C=O) groups is 2. The molecule has 0 radical (unpaired) electrons. The summed E-state index contributed by atoms with van der Waals surface area (Å²) in [4.78, 5) is 31.1. The first-order valence-electron chi connectivity index (χ1n) is 11.1. The van der Waals surface area contributed by atoms with E-state index in [1.165, 1.54) is 16.8 Å². The number of aliphatic hydroxyl groups is 1. The van der Waals surface area contributed by atoms with Crippen LogP contribution in [-0.4, -0.2) is 72.1 Å². The number of piperazine rings is 1. The van der Waals surface area contributed by atoms with Crippen LogP contribution >= 0.6 is 0 Å². The zero-order valence-corrected chi connectivity index (χ0v) is 18.2. The Kier molecular flexibility index (Phi) is 4.77. The molecule has 2 amide bonds. The molecule has 6 heteroatoms. The number of rotatable bonds is 3. The number of fused-ring (bicyclic) bond motifs is 1. The van der Waals surface area contributed by atoms with Crippen LogP contribution in [0.2, 0.25) is 0 Å². The van der Waals surface area contributed by atoms with E-state index in [9.17, 15) is 14.7 Å². The Morgan fingerprint density at radius 1 is 0.935 bits per heavy atom. The molecule has 3 aliphatic rings. The lowest BCUT2D eigenvalue weighted by atomic mass is 9.96. The van der Waals surface area contributed by atoms with E-state index >= 15 is 0 Å². The molecule has 1 saturated carbocycles. The van der Waals surface area contributed by atoms with Gasteiger partial charge in [0.25, 0.3) is 11.8 Å². The van der Waals surface area contributed by atoms with Crippen molar-refractivity contribution in [2.24, 2.45) is 0 Å². The number of benzene rings is 2. The Bertz CT molecular complexity index is 1050. The summed E-state index contributed by atoms with van der Waals surface area (Å²) in [6, 6.07) is 12.6. The van der Waals surface area contributed by atoms with Gasteiger partial charge in [-0.2, -0.15) is 0 Å². The Morgan fingerprint density at radius 2 is 1.65 bits per heavy atom. The summed E-state index contributed by atoms with van der Waals surface area (Å²) in [5.74, 6) is -0.178. The van der Waals surface area contributed by atoms with Crippen LogP contribution in [0.3, 0.4) is 0 Å². The highest BCUT2D eigenvalue weighted by atomic mass is 16.3. The van der Waals surface area contributed by atoms with Crippen LogP contribution in [0.4, 0.5) is 5.69 Å². The molecule has 5 rings (SSSR count). The van der Waals surface area contributed by atoms with Gasteiger partial charge in [-0.3, -0.25) is 9.59 Å². The molecular weight excluding hydrogens is 390 g/mol. The van der Waals surface area contributed by atoms with Crippen molar-refractivity contribution >= 4 is 17.5 Å². The summed E-state index contributed by atoms with van der Waals surface area (Å²) in [6.45, 7) is 5.07. The summed E-state index contributed by atoms with van der Waals surface area (Å²) < 4.78 is 0. The van der Waals surface area contributed by atoms with Gasteiger partial charge in [0.2, 0.25) is 0 Å². The van der Waals surface area contributed by atoms with Crippen molar-refractivity contribution < 1.29 is 14.7 Å². The molecule has 0 unspecified atom stereocenters. The van der Waals surface area contributed by atoms with Crippen molar-refractivity contribution in [2.45, 2.75) is 31.8 Å². The van der Waals surface area contributed by atoms with Gasteiger partial charge in [0.15, 0.2) is 0 Å². The van der Waals surface area contributed by atoms with E-state index in [0.29, 0.717) is 44.6 Å². The maximum absolute atomic E-state index is 13.0. The van der Waals surface area contributed by atoms with Gasteiger partial charge in [-0.05, 0) is 72.7 Å². The van der Waals surface area contributed by atoms with Gasteiger partial charge in [-0.15, -0.1) is 0 Å². The number of anilines is 1. The van der Waals surface area contributed by atoms with Gasteiger partial charge >= 0.3 is 0 Å². The van der Waals surface area contributed by atoms with E-state index in [0.717, 1.165) is 24.1 Å². The van der Waals surface area contributed by atoms with Crippen LogP contribution < -0.4 is 4.90 Å². The highest BCUT2D eigenvalue weighted by molar-refractivity contribution is 5.95. The molecule has 2 aromatic carbocycles. The van der Waals surface area contributed by atoms with E-state index in [2.05, 4.69) is 37.1 Å². The van der Waals surface area contributed by atoms with E-state index in [-0.39, 0.29) is 11.8 Å². The average Bonchev–Trinajstić information content (AvgIpc) is 3.44. The molecule has 2 fully saturated rings. The van der Waals surface area contributed by atoms with Crippen LogP contribution in [0.15, 0.2) is 36.4 Å². The lowest BCUT2D eigenvalue weighted by molar-refractivity contribution is -0.143. The van der Waals surface area contributed by atoms with Crippen molar-refractivity contribution in [2.75, 3.05) is 44.7 Å². The van der Waals surface area contributed by atoms with Crippen LogP contribution in [0, 0.1) is 6.92 Å². The Morgan fingerprint density at radius 3 is 2.32 bits per heavy atom. The van der Waals surface area contributed by atoms with Gasteiger partial charge < -0.3 is 19.8 Å². The first-order chi connectivity index (χ1) is 14.9. The van der Waals surface area contributed by atoms with Crippen molar-refractivity contribution in [3.8, 4) is 11.1 Å². The number of nitrogens with zero attached hydrogens (tertiary/aromatic N) is 3. The third kappa shape index (κ3) is 3.59. The zero-order valence-electron chi connectivity index (χ0n) is 18.2. The SMILES string of the molecule is Cc1cc(C(=O)N2CCN(C(=O)C3(O)CC3)CC2)ccc1-c1ccc2c(c1)CCN2C. The van der Waals surface area contributed by atoms with Crippen LogP contribution in [-0.2, 0) is 11.2 Å². The summed E-state index contributed by atoms with van der Waals surface area (Å²) in [5.41, 5.74) is 5.66. The van der Waals surface area contributed by atoms with Crippen LogP contribution in [0.5, 0.6) is 0 Å². The maximum Gasteiger partial charge on any atom is 0.254 e. The first kappa shape index (κ1) is 20.1. The van der Waals surface area contributed by atoms with E-state index in [1.807, 2.05) is 18.2 Å². The fourth-order valence-electron chi connectivity index (χ4n) is 4.78. The molecule has 2 heterocycles. The predicted molar refractivity (Wildman–Crippen MR) is 120 cm³/mol. The third-order valence-electron chi connectivity index (χ3n) is 6.97. The minimum Gasteiger partial charge on any atom is -0.380 e. The molecule has 2 aromatic rings. The topological polar surface area (TPSA) is 64.1 Å².